The minimum atomic E-state index is -0.417. The average Bonchev–Trinajstić information content (AvgIpc) is 3.40. The van der Waals surface area contributed by atoms with Crippen LogP contribution in [0, 0.1) is 5.92 Å². The van der Waals surface area contributed by atoms with Crippen LogP contribution in [0.1, 0.15) is 51.4 Å². The predicted octanol–water partition coefficient (Wildman–Crippen LogP) is 5.27. The number of rotatable bonds is 7. The molecule has 0 aliphatic heterocycles. The maximum Gasteiger partial charge on any atom is 0.266 e. The number of para-hydroxylation sites is 1. The number of benzene rings is 2. The highest BCUT2D eigenvalue weighted by atomic mass is 79.9. The first-order valence-corrected chi connectivity index (χ1v) is 12.4. The minimum absolute atomic E-state index is 0.0340. The minimum Gasteiger partial charge on any atom is -0.497 e. The summed E-state index contributed by atoms with van der Waals surface area (Å²) in [6, 6.07) is 10.4. The van der Waals surface area contributed by atoms with E-state index in [2.05, 4.69) is 15.9 Å². The quantitative estimate of drug-likeness (QED) is 0.418. The van der Waals surface area contributed by atoms with Crippen LogP contribution in [0.25, 0.3) is 16.6 Å². The molecule has 7 nitrogen and oxygen atoms in total. The molecule has 34 heavy (non-hydrogen) atoms. The Bertz CT molecular complexity index is 1270. The van der Waals surface area contributed by atoms with Gasteiger partial charge in [0, 0.05) is 24.6 Å². The zero-order valence-electron chi connectivity index (χ0n) is 20.0. The van der Waals surface area contributed by atoms with Gasteiger partial charge in [-0.15, -0.1) is 0 Å². The molecule has 1 unspecified atom stereocenters. The second kappa shape index (κ2) is 10.2. The van der Waals surface area contributed by atoms with Gasteiger partial charge in [0.15, 0.2) is 0 Å². The largest absolute Gasteiger partial charge is 0.497 e. The molecule has 1 atom stereocenters. The number of carbonyl (C=O) groups excluding carboxylic acids is 1. The highest BCUT2D eigenvalue weighted by Crippen LogP contribution is 2.37. The van der Waals surface area contributed by atoms with E-state index in [4.69, 9.17) is 14.5 Å². The van der Waals surface area contributed by atoms with E-state index in [-0.39, 0.29) is 17.4 Å². The van der Waals surface area contributed by atoms with Crippen LogP contribution in [0.5, 0.6) is 11.5 Å². The van der Waals surface area contributed by atoms with Crippen LogP contribution in [0.3, 0.4) is 0 Å². The van der Waals surface area contributed by atoms with Crippen molar-refractivity contribution in [1.29, 1.82) is 0 Å². The summed E-state index contributed by atoms with van der Waals surface area (Å²) >= 11 is 3.61. The highest BCUT2D eigenvalue weighted by Gasteiger charge is 2.32. The molecule has 3 aromatic rings. The first-order valence-electron chi connectivity index (χ1n) is 11.6. The number of carbonyl (C=O) groups is 1. The van der Waals surface area contributed by atoms with Crippen molar-refractivity contribution in [2.75, 3.05) is 20.8 Å². The first kappa shape index (κ1) is 24.3. The van der Waals surface area contributed by atoms with Crippen LogP contribution < -0.4 is 15.0 Å². The van der Waals surface area contributed by atoms with Gasteiger partial charge in [-0.1, -0.05) is 25.0 Å². The van der Waals surface area contributed by atoms with Gasteiger partial charge in [0.05, 0.1) is 41.3 Å². The Labute approximate surface area is 207 Å². The van der Waals surface area contributed by atoms with Crippen molar-refractivity contribution in [1.82, 2.24) is 14.5 Å². The fourth-order valence-electron chi connectivity index (χ4n) is 4.82. The molecule has 0 bridgehead atoms. The maximum atomic E-state index is 13.9. The van der Waals surface area contributed by atoms with Gasteiger partial charge in [-0.05, 0) is 54.8 Å². The molecule has 1 heterocycles. The van der Waals surface area contributed by atoms with Crippen LogP contribution in [-0.2, 0) is 4.79 Å². The third kappa shape index (κ3) is 4.31. The van der Waals surface area contributed by atoms with Crippen molar-refractivity contribution in [3.05, 3.63) is 57.0 Å². The van der Waals surface area contributed by atoms with Crippen molar-refractivity contribution >= 4 is 32.7 Å². The van der Waals surface area contributed by atoms with Crippen molar-refractivity contribution in [3.8, 4) is 17.2 Å². The molecule has 8 heteroatoms. The molecule has 1 aliphatic carbocycles. The molecule has 180 valence electrons. The predicted molar refractivity (Wildman–Crippen MR) is 136 cm³/mol. The van der Waals surface area contributed by atoms with Crippen LogP contribution in [-0.4, -0.2) is 41.1 Å². The topological polar surface area (TPSA) is 73.7 Å². The Morgan fingerprint density at radius 2 is 1.91 bits per heavy atom. The van der Waals surface area contributed by atoms with E-state index < -0.39 is 6.04 Å². The maximum absolute atomic E-state index is 13.9. The van der Waals surface area contributed by atoms with Crippen molar-refractivity contribution in [2.24, 2.45) is 5.92 Å². The van der Waals surface area contributed by atoms with Crippen molar-refractivity contribution in [3.63, 3.8) is 0 Å². The molecule has 0 saturated heterocycles. The summed E-state index contributed by atoms with van der Waals surface area (Å²) in [7, 11) is 3.13. The molecular formula is C26H30BrN3O4. The summed E-state index contributed by atoms with van der Waals surface area (Å²) in [5.41, 5.74) is 0.930. The second-order valence-corrected chi connectivity index (χ2v) is 9.37. The lowest BCUT2D eigenvalue weighted by molar-refractivity contribution is -0.137. The van der Waals surface area contributed by atoms with Crippen LogP contribution in [0.4, 0.5) is 0 Å². The Morgan fingerprint density at radius 3 is 2.56 bits per heavy atom. The SMILES string of the molecule is CCN(C(=O)C1CCCC1)C(C)c1nc2ccccc2c(=O)n1-c1cc(OC)cc(OC)c1Br. The molecule has 0 radical (unpaired) electrons. The standard InChI is InChI=1S/C26H30BrN3O4/c1-5-29(25(31)17-10-6-7-11-17)16(2)24-28-20-13-9-8-12-19(20)26(32)30(24)21-14-18(33-3)15-22(34-4)23(21)27/h8-9,12-17H,5-7,10-11H2,1-4H3. The van der Waals surface area contributed by atoms with Gasteiger partial charge in [0.1, 0.15) is 17.3 Å². The number of hydrogen-bond donors (Lipinski definition) is 0. The fourth-order valence-corrected chi connectivity index (χ4v) is 5.39. The van der Waals surface area contributed by atoms with E-state index in [0.29, 0.717) is 44.9 Å². The van der Waals surface area contributed by atoms with Crippen LogP contribution in [0.2, 0.25) is 0 Å². The number of hydrogen-bond acceptors (Lipinski definition) is 5. The third-order valence-corrected chi connectivity index (χ3v) is 7.46. The van der Waals surface area contributed by atoms with Gasteiger partial charge in [0.25, 0.3) is 5.56 Å². The number of nitrogens with zero attached hydrogens (tertiary/aromatic N) is 3. The number of ether oxygens (including phenoxy) is 2. The Kier molecular flexibility index (Phi) is 7.26. The molecule has 2 aromatic carbocycles. The van der Waals surface area contributed by atoms with Gasteiger partial charge in [-0.2, -0.15) is 0 Å². The van der Waals surface area contributed by atoms with Crippen molar-refractivity contribution < 1.29 is 14.3 Å². The summed E-state index contributed by atoms with van der Waals surface area (Å²) < 4.78 is 13.2. The fraction of sp³-hybridized carbons (Fsp3) is 0.423. The van der Waals surface area contributed by atoms with Gasteiger partial charge in [-0.3, -0.25) is 14.2 Å². The highest BCUT2D eigenvalue weighted by molar-refractivity contribution is 9.10. The van der Waals surface area contributed by atoms with E-state index in [0.717, 1.165) is 25.7 Å². The number of halogens is 1. The summed E-state index contributed by atoms with van der Waals surface area (Å²) in [5, 5.41) is 0.498. The number of amides is 1. The van der Waals surface area contributed by atoms with Gasteiger partial charge in [-0.25, -0.2) is 4.98 Å². The second-order valence-electron chi connectivity index (χ2n) is 8.57. The molecule has 1 aromatic heterocycles. The average molecular weight is 528 g/mol. The monoisotopic (exact) mass is 527 g/mol. The molecule has 1 amide bonds. The first-order chi connectivity index (χ1) is 16.4. The zero-order chi connectivity index (χ0) is 24.4. The molecule has 0 spiro atoms. The van der Waals surface area contributed by atoms with E-state index in [9.17, 15) is 9.59 Å². The van der Waals surface area contributed by atoms with E-state index in [1.807, 2.05) is 36.9 Å². The van der Waals surface area contributed by atoms with Gasteiger partial charge in [0.2, 0.25) is 5.91 Å². The van der Waals surface area contributed by atoms with Crippen LogP contribution >= 0.6 is 15.9 Å². The number of methoxy groups -OCH3 is 2. The lowest BCUT2D eigenvalue weighted by Gasteiger charge is -2.31. The van der Waals surface area contributed by atoms with Gasteiger partial charge < -0.3 is 14.4 Å². The lowest BCUT2D eigenvalue weighted by Crippen LogP contribution is -2.40. The normalized spacial score (nSPS) is 14.9. The third-order valence-electron chi connectivity index (χ3n) is 6.66. The van der Waals surface area contributed by atoms with E-state index >= 15 is 0 Å². The summed E-state index contributed by atoms with van der Waals surface area (Å²) in [6.45, 7) is 4.44. The molecule has 4 rings (SSSR count). The summed E-state index contributed by atoms with van der Waals surface area (Å²) in [5.74, 6) is 1.73. The molecule has 1 saturated carbocycles. The number of fused-ring (bicyclic) bond motifs is 1. The zero-order valence-corrected chi connectivity index (χ0v) is 21.6. The van der Waals surface area contributed by atoms with E-state index in [1.165, 1.54) is 0 Å². The smallest absolute Gasteiger partial charge is 0.266 e. The summed E-state index contributed by atoms with van der Waals surface area (Å²) in [4.78, 5) is 34.0. The van der Waals surface area contributed by atoms with Crippen LogP contribution in [0.15, 0.2) is 45.7 Å². The Balaban J connectivity index is 1.96. The molecule has 1 aliphatic rings. The molecule has 1 fully saturated rings. The molecular weight excluding hydrogens is 498 g/mol. The summed E-state index contributed by atoms with van der Waals surface area (Å²) in [6.07, 6.45) is 3.99. The number of aromatic nitrogens is 2. The molecule has 0 N–H and O–H groups in total. The Hall–Kier alpha value is -2.87. The lowest BCUT2D eigenvalue weighted by atomic mass is 10.0. The van der Waals surface area contributed by atoms with Crippen molar-refractivity contribution in [2.45, 2.75) is 45.6 Å². The van der Waals surface area contributed by atoms with E-state index in [1.54, 1.807) is 37.0 Å². The Morgan fingerprint density at radius 1 is 1.21 bits per heavy atom. The van der Waals surface area contributed by atoms with Gasteiger partial charge >= 0.3 is 0 Å².